The van der Waals surface area contributed by atoms with Crippen molar-refractivity contribution in [1.29, 1.82) is 0 Å². The van der Waals surface area contributed by atoms with Gasteiger partial charge in [-0.1, -0.05) is 30.3 Å². The van der Waals surface area contributed by atoms with Crippen molar-refractivity contribution in [3.63, 3.8) is 0 Å². The van der Waals surface area contributed by atoms with E-state index in [2.05, 4.69) is 34.6 Å². The highest BCUT2D eigenvalue weighted by Gasteiger charge is 2.09. The first-order chi connectivity index (χ1) is 9.29. The number of rotatable bonds is 3. The Hall–Kier alpha value is -1.87. The fourth-order valence-electron chi connectivity index (χ4n) is 2.27. The number of aromatic nitrogens is 1. The first-order valence-corrected chi connectivity index (χ1v) is 7.24. The molecule has 3 rings (SSSR count). The summed E-state index contributed by atoms with van der Waals surface area (Å²) in [6.07, 6.45) is 0. The zero-order valence-corrected chi connectivity index (χ0v) is 11.8. The summed E-state index contributed by atoms with van der Waals surface area (Å²) in [5.41, 5.74) is 2.21. The zero-order chi connectivity index (χ0) is 13.2. The van der Waals surface area contributed by atoms with Gasteiger partial charge < -0.3 is 4.74 Å². The lowest BCUT2D eigenvalue weighted by atomic mass is 10.0. The molecule has 2 nitrogen and oxygen atoms in total. The smallest absolute Gasteiger partial charge is 0.127 e. The number of hydrogen-bond acceptors (Lipinski definition) is 3. The van der Waals surface area contributed by atoms with Crippen molar-refractivity contribution >= 4 is 22.1 Å². The number of hydrogen-bond donors (Lipinski definition) is 0. The van der Waals surface area contributed by atoms with E-state index in [-0.39, 0.29) is 0 Å². The third-order valence-electron chi connectivity index (χ3n) is 3.08. The SMILES string of the molecule is CCOc1cccc2c(-c3csc(C)n3)cccc12. The summed E-state index contributed by atoms with van der Waals surface area (Å²) < 4.78 is 5.70. The molecule has 0 N–H and O–H groups in total. The molecule has 0 saturated carbocycles. The molecule has 1 heterocycles. The van der Waals surface area contributed by atoms with Gasteiger partial charge in [0.25, 0.3) is 0 Å². The minimum absolute atomic E-state index is 0.680. The highest BCUT2D eigenvalue weighted by Crippen LogP contribution is 2.33. The molecule has 19 heavy (non-hydrogen) atoms. The van der Waals surface area contributed by atoms with Crippen molar-refractivity contribution in [2.45, 2.75) is 13.8 Å². The summed E-state index contributed by atoms with van der Waals surface area (Å²) >= 11 is 1.68. The van der Waals surface area contributed by atoms with Crippen LogP contribution in [0.15, 0.2) is 41.8 Å². The van der Waals surface area contributed by atoms with Gasteiger partial charge >= 0.3 is 0 Å². The van der Waals surface area contributed by atoms with Gasteiger partial charge in [-0.25, -0.2) is 4.98 Å². The van der Waals surface area contributed by atoms with Crippen molar-refractivity contribution in [3.8, 4) is 17.0 Å². The Kier molecular flexibility index (Phi) is 3.22. The first-order valence-electron chi connectivity index (χ1n) is 6.36. The minimum Gasteiger partial charge on any atom is -0.493 e. The second-order valence-corrected chi connectivity index (χ2v) is 5.40. The molecule has 1 aromatic heterocycles. The maximum absolute atomic E-state index is 5.70. The number of aryl methyl sites for hydroxylation is 1. The van der Waals surface area contributed by atoms with Crippen LogP contribution in [0.1, 0.15) is 11.9 Å². The molecule has 3 heteroatoms. The van der Waals surface area contributed by atoms with Gasteiger partial charge in [0.15, 0.2) is 0 Å². The van der Waals surface area contributed by atoms with Gasteiger partial charge in [-0.05, 0) is 25.3 Å². The van der Waals surface area contributed by atoms with Crippen LogP contribution in [-0.2, 0) is 0 Å². The zero-order valence-electron chi connectivity index (χ0n) is 11.0. The predicted octanol–water partition coefficient (Wildman–Crippen LogP) is 4.67. The summed E-state index contributed by atoms with van der Waals surface area (Å²) in [6.45, 7) is 4.72. The lowest BCUT2D eigenvalue weighted by Gasteiger charge is -2.09. The van der Waals surface area contributed by atoms with Crippen molar-refractivity contribution in [2.75, 3.05) is 6.61 Å². The Morgan fingerprint density at radius 3 is 2.63 bits per heavy atom. The van der Waals surface area contributed by atoms with Crippen LogP contribution >= 0.6 is 11.3 Å². The summed E-state index contributed by atoms with van der Waals surface area (Å²) in [4.78, 5) is 4.58. The van der Waals surface area contributed by atoms with Crippen molar-refractivity contribution < 1.29 is 4.74 Å². The van der Waals surface area contributed by atoms with Crippen LogP contribution in [0.3, 0.4) is 0 Å². The molecule has 0 fully saturated rings. The quantitative estimate of drug-likeness (QED) is 0.689. The number of thiazole rings is 1. The van der Waals surface area contributed by atoms with Gasteiger partial charge in [0.05, 0.1) is 17.3 Å². The van der Waals surface area contributed by atoms with Crippen molar-refractivity contribution in [2.24, 2.45) is 0 Å². The first kappa shape index (κ1) is 12.2. The molecule has 0 atom stereocenters. The summed E-state index contributed by atoms with van der Waals surface area (Å²) in [6, 6.07) is 12.5. The van der Waals surface area contributed by atoms with E-state index in [0.717, 1.165) is 21.8 Å². The van der Waals surface area contributed by atoms with Gasteiger partial charge in [0, 0.05) is 16.3 Å². The molecule has 2 aromatic carbocycles. The average molecular weight is 269 g/mol. The van der Waals surface area contributed by atoms with Gasteiger partial charge in [-0.15, -0.1) is 11.3 Å². The Labute approximate surface area is 116 Å². The monoisotopic (exact) mass is 269 g/mol. The molecule has 96 valence electrons. The Bertz CT molecular complexity index is 718. The molecular formula is C16H15NOS. The minimum atomic E-state index is 0.680. The van der Waals surface area contributed by atoms with E-state index in [1.54, 1.807) is 11.3 Å². The molecule has 0 aliphatic rings. The van der Waals surface area contributed by atoms with Crippen LogP contribution < -0.4 is 4.74 Å². The summed E-state index contributed by atoms with van der Waals surface area (Å²) in [7, 11) is 0. The Morgan fingerprint density at radius 2 is 1.89 bits per heavy atom. The number of fused-ring (bicyclic) bond motifs is 1. The van der Waals surface area contributed by atoms with E-state index in [1.165, 1.54) is 10.9 Å². The van der Waals surface area contributed by atoms with Crippen molar-refractivity contribution in [1.82, 2.24) is 4.98 Å². The summed E-state index contributed by atoms with van der Waals surface area (Å²) in [5.74, 6) is 0.939. The molecular weight excluding hydrogens is 254 g/mol. The van der Waals surface area contributed by atoms with Crippen LogP contribution in [0.5, 0.6) is 5.75 Å². The van der Waals surface area contributed by atoms with E-state index in [0.29, 0.717) is 6.61 Å². The van der Waals surface area contributed by atoms with Crippen LogP contribution in [0.25, 0.3) is 22.0 Å². The van der Waals surface area contributed by atoms with E-state index in [4.69, 9.17) is 4.74 Å². The molecule has 0 saturated heterocycles. The van der Waals surface area contributed by atoms with Crippen LogP contribution in [-0.4, -0.2) is 11.6 Å². The molecule has 0 aliphatic carbocycles. The van der Waals surface area contributed by atoms with Gasteiger partial charge in [0.2, 0.25) is 0 Å². The second kappa shape index (κ2) is 5.02. The third kappa shape index (κ3) is 2.22. The number of ether oxygens (including phenoxy) is 1. The predicted molar refractivity (Wildman–Crippen MR) is 81.0 cm³/mol. The highest BCUT2D eigenvalue weighted by atomic mass is 32.1. The molecule has 0 spiro atoms. The van der Waals surface area contributed by atoms with Crippen molar-refractivity contribution in [3.05, 3.63) is 46.8 Å². The molecule has 0 aliphatic heterocycles. The van der Waals surface area contributed by atoms with Gasteiger partial charge in [-0.2, -0.15) is 0 Å². The van der Waals surface area contributed by atoms with E-state index in [1.807, 2.05) is 26.0 Å². The lowest BCUT2D eigenvalue weighted by molar-refractivity contribution is 0.344. The van der Waals surface area contributed by atoms with Crippen LogP contribution in [0.4, 0.5) is 0 Å². The normalized spacial score (nSPS) is 10.8. The molecule has 3 aromatic rings. The van der Waals surface area contributed by atoms with Gasteiger partial charge in [0.1, 0.15) is 5.75 Å². The average Bonchev–Trinajstić information content (AvgIpc) is 2.85. The molecule has 0 amide bonds. The fraction of sp³-hybridized carbons (Fsp3) is 0.188. The fourth-order valence-corrected chi connectivity index (χ4v) is 2.89. The Balaban J connectivity index is 2.24. The van der Waals surface area contributed by atoms with E-state index in [9.17, 15) is 0 Å². The molecule has 0 bridgehead atoms. The second-order valence-electron chi connectivity index (χ2n) is 4.34. The topological polar surface area (TPSA) is 22.1 Å². The maximum Gasteiger partial charge on any atom is 0.127 e. The Morgan fingerprint density at radius 1 is 1.11 bits per heavy atom. The molecule has 0 unspecified atom stereocenters. The standard InChI is InChI=1S/C16H15NOS/c1-3-18-16-9-5-6-12-13(7-4-8-14(12)16)15-10-19-11(2)17-15/h4-10H,3H2,1-2H3. The maximum atomic E-state index is 5.70. The van der Waals surface area contributed by atoms with Crippen LogP contribution in [0, 0.1) is 6.92 Å². The highest BCUT2D eigenvalue weighted by molar-refractivity contribution is 7.09. The largest absolute Gasteiger partial charge is 0.493 e. The lowest BCUT2D eigenvalue weighted by Crippen LogP contribution is -1.92. The van der Waals surface area contributed by atoms with E-state index < -0.39 is 0 Å². The number of benzene rings is 2. The number of nitrogens with zero attached hydrogens (tertiary/aromatic N) is 1. The molecule has 0 radical (unpaired) electrons. The van der Waals surface area contributed by atoms with E-state index >= 15 is 0 Å². The van der Waals surface area contributed by atoms with Gasteiger partial charge in [-0.3, -0.25) is 0 Å². The third-order valence-corrected chi connectivity index (χ3v) is 3.85. The van der Waals surface area contributed by atoms with Crippen LogP contribution in [0.2, 0.25) is 0 Å². The summed E-state index contributed by atoms with van der Waals surface area (Å²) in [5, 5.41) is 5.54.